The van der Waals surface area contributed by atoms with Crippen LogP contribution < -0.4 is 0 Å². The number of benzene rings is 9. The monoisotopic (exact) mass is 556 g/mol. The fraction of sp³-hybridized carbons (Fsp3) is 0. The van der Waals surface area contributed by atoms with E-state index in [2.05, 4.69) is 170 Å². The standard InChI is InChI=1S/C44H28/c1-2-11-29(12-3-1)30-21-23-31(24-22-30)32-13-10-14-33(27-32)34-25-26-41-42(28-34)37-17-6-9-20-40(37)43-38-18-7-4-15-35(38)36-16-5-8-19-39(36)44(41)43/h1-28H. The predicted molar refractivity (Wildman–Crippen MR) is 190 cm³/mol. The molecule has 9 aromatic rings. The molecular formula is C44H28. The molecule has 0 saturated heterocycles. The van der Waals surface area contributed by atoms with Crippen molar-refractivity contribution in [1.29, 1.82) is 0 Å². The molecule has 0 heteroatoms. The molecule has 0 fully saturated rings. The summed E-state index contributed by atoms with van der Waals surface area (Å²) < 4.78 is 0. The van der Waals surface area contributed by atoms with Gasteiger partial charge in [-0.25, -0.2) is 0 Å². The average Bonchev–Trinajstić information content (AvgIpc) is 3.12. The molecule has 0 nitrogen and oxygen atoms in total. The zero-order valence-corrected chi connectivity index (χ0v) is 24.2. The van der Waals surface area contributed by atoms with Crippen molar-refractivity contribution >= 4 is 53.9 Å². The van der Waals surface area contributed by atoms with Gasteiger partial charge >= 0.3 is 0 Å². The van der Waals surface area contributed by atoms with E-state index in [-0.39, 0.29) is 0 Å². The molecule has 204 valence electrons. The molecule has 0 radical (unpaired) electrons. The van der Waals surface area contributed by atoms with Gasteiger partial charge in [-0.15, -0.1) is 0 Å². The lowest BCUT2D eigenvalue weighted by molar-refractivity contribution is 1.58. The van der Waals surface area contributed by atoms with Crippen LogP contribution >= 0.6 is 0 Å². The van der Waals surface area contributed by atoms with Crippen LogP contribution in [0, 0.1) is 0 Å². The minimum Gasteiger partial charge on any atom is -0.0622 e. The summed E-state index contributed by atoms with van der Waals surface area (Å²) >= 11 is 0. The first-order valence-corrected chi connectivity index (χ1v) is 15.3. The Morgan fingerprint density at radius 3 is 1.09 bits per heavy atom. The topological polar surface area (TPSA) is 0 Å². The fourth-order valence-electron chi connectivity index (χ4n) is 7.17. The normalized spacial score (nSPS) is 11.6. The third-order valence-corrected chi connectivity index (χ3v) is 9.23. The van der Waals surface area contributed by atoms with Crippen molar-refractivity contribution in [3.05, 3.63) is 170 Å². The molecule has 44 heavy (non-hydrogen) atoms. The Labute approximate surface area is 256 Å². The largest absolute Gasteiger partial charge is 0.0622 e. The maximum atomic E-state index is 2.40. The number of fused-ring (bicyclic) bond motifs is 11. The van der Waals surface area contributed by atoms with Gasteiger partial charge in [0.1, 0.15) is 0 Å². The summed E-state index contributed by atoms with van der Waals surface area (Å²) in [5.74, 6) is 0. The Morgan fingerprint density at radius 2 is 0.523 bits per heavy atom. The van der Waals surface area contributed by atoms with Crippen LogP contribution in [0.4, 0.5) is 0 Å². The van der Waals surface area contributed by atoms with Gasteiger partial charge in [-0.05, 0) is 99.4 Å². The first kappa shape index (κ1) is 24.8. The van der Waals surface area contributed by atoms with Gasteiger partial charge in [0.05, 0.1) is 0 Å². The molecule has 0 spiro atoms. The first-order valence-electron chi connectivity index (χ1n) is 15.3. The Kier molecular flexibility index (Phi) is 5.61. The Morgan fingerprint density at radius 1 is 0.182 bits per heavy atom. The molecular weight excluding hydrogens is 528 g/mol. The van der Waals surface area contributed by atoms with E-state index >= 15 is 0 Å². The summed E-state index contributed by atoms with van der Waals surface area (Å²) in [5, 5.41) is 13.1. The zero-order chi connectivity index (χ0) is 29.0. The van der Waals surface area contributed by atoms with E-state index in [0.717, 1.165) is 0 Å². The molecule has 0 aliphatic heterocycles. The van der Waals surface area contributed by atoms with E-state index in [1.54, 1.807) is 0 Å². The van der Waals surface area contributed by atoms with E-state index < -0.39 is 0 Å². The molecule has 9 rings (SSSR count). The second kappa shape index (κ2) is 9.93. The Bertz CT molecular complexity index is 2520. The van der Waals surface area contributed by atoms with Crippen LogP contribution in [0.25, 0.3) is 87.2 Å². The molecule has 0 amide bonds. The highest BCUT2D eigenvalue weighted by Crippen LogP contribution is 2.44. The second-order valence-corrected chi connectivity index (χ2v) is 11.7. The summed E-state index contributed by atoms with van der Waals surface area (Å²) in [6, 6.07) is 62.2. The molecule has 9 aromatic carbocycles. The third kappa shape index (κ3) is 3.85. The van der Waals surface area contributed by atoms with Gasteiger partial charge in [0, 0.05) is 0 Å². The highest BCUT2D eigenvalue weighted by atomic mass is 14.2. The lowest BCUT2D eigenvalue weighted by atomic mass is 9.86. The van der Waals surface area contributed by atoms with Crippen molar-refractivity contribution in [3.63, 3.8) is 0 Å². The highest BCUT2D eigenvalue weighted by molar-refractivity contribution is 6.39. The van der Waals surface area contributed by atoms with Crippen LogP contribution in [-0.2, 0) is 0 Å². The quantitative estimate of drug-likeness (QED) is 0.190. The van der Waals surface area contributed by atoms with Gasteiger partial charge in [-0.3, -0.25) is 0 Å². The van der Waals surface area contributed by atoms with Crippen LogP contribution in [0.5, 0.6) is 0 Å². The van der Waals surface area contributed by atoms with Crippen molar-refractivity contribution < 1.29 is 0 Å². The Balaban J connectivity index is 1.25. The number of rotatable bonds is 3. The van der Waals surface area contributed by atoms with Crippen molar-refractivity contribution in [2.45, 2.75) is 0 Å². The van der Waals surface area contributed by atoms with Crippen LogP contribution in [0.3, 0.4) is 0 Å². The van der Waals surface area contributed by atoms with E-state index in [1.165, 1.54) is 87.2 Å². The number of hydrogen-bond donors (Lipinski definition) is 0. The highest BCUT2D eigenvalue weighted by Gasteiger charge is 2.16. The maximum Gasteiger partial charge on any atom is -0.00139 e. The van der Waals surface area contributed by atoms with Crippen molar-refractivity contribution in [3.8, 4) is 33.4 Å². The molecule has 0 aliphatic carbocycles. The van der Waals surface area contributed by atoms with Crippen LogP contribution in [0.1, 0.15) is 0 Å². The van der Waals surface area contributed by atoms with Crippen molar-refractivity contribution in [2.75, 3.05) is 0 Å². The van der Waals surface area contributed by atoms with Crippen molar-refractivity contribution in [2.24, 2.45) is 0 Å². The SMILES string of the molecule is c1ccc(-c2ccc(-c3cccc(-c4ccc5c(c4)c4ccccc4c4c6ccccc6c6ccccc6c54)c3)cc2)cc1. The molecule has 0 bridgehead atoms. The molecule has 0 aliphatic rings. The van der Waals surface area contributed by atoms with Gasteiger partial charge < -0.3 is 0 Å². The van der Waals surface area contributed by atoms with Crippen LogP contribution in [0.15, 0.2) is 170 Å². The van der Waals surface area contributed by atoms with Gasteiger partial charge in [0.2, 0.25) is 0 Å². The fourth-order valence-corrected chi connectivity index (χ4v) is 7.17. The first-order chi connectivity index (χ1) is 21.8. The van der Waals surface area contributed by atoms with Gasteiger partial charge in [-0.1, -0.05) is 158 Å². The summed E-state index contributed by atoms with van der Waals surface area (Å²) in [4.78, 5) is 0. The second-order valence-electron chi connectivity index (χ2n) is 11.7. The van der Waals surface area contributed by atoms with E-state index in [4.69, 9.17) is 0 Å². The maximum absolute atomic E-state index is 2.40. The van der Waals surface area contributed by atoms with E-state index in [0.29, 0.717) is 0 Å². The van der Waals surface area contributed by atoms with Crippen LogP contribution in [-0.4, -0.2) is 0 Å². The molecule has 0 aromatic heterocycles. The Hall–Kier alpha value is -5.72. The predicted octanol–water partition coefficient (Wildman–Crippen LogP) is 12.5. The summed E-state index contributed by atoms with van der Waals surface area (Å²) in [7, 11) is 0. The molecule has 0 heterocycles. The average molecular weight is 557 g/mol. The third-order valence-electron chi connectivity index (χ3n) is 9.23. The van der Waals surface area contributed by atoms with Gasteiger partial charge in [0.25, 0.3) is 0 Å². The lowest BCUT2D eigenvalue weighted by Gasteiger charge is -2.17. The van der Waals surface area contributed by atoms with E-state index in [1.807, 2.05) is 0 Å². The molecule has 0 N–H and O–H groups in total. The zero-order valence-electron chi connectivity index (χ0n) is 24.2. The molecule has 0 saturated carbocycles. The smallest absolute Gasteiger partial charge is 0.00139 e. The van der Waals surface area contributed by atoms with E-state index in [9.17, 15) is 0 Å². The van der Waals surface area contributed by atoms with Gasteiger partial charge in [-0.2, -0.15) is 0 Å². The number of hydrogen-bond acceptors (Lipinski definition) is 0. The minimum atomic E-state index is 1.22. The molecule has 0 atom stereocenters. The summed E-state index contributed by atoms with van der Waals surface area (Å²) in [6.07, 6.45) is 0. The summed E-state index contributed by atoms with van der Waals surface area (Å²) in [5.41, 5.74) is 7.38. The minimum absolute atomic E-state index is 1.22. The van der Waals surface area contributed by atoms with Crippen LogP contribution in [0.2, 0.25) is 0 Å². The molecule has 0 unspecified atom stereocenters. The van der Waals surface area contributed by atoms with Gasteiger partial charge in [0.15, 0.2) is 0 Å². The lowest BCUT2D eigenvalue weighted by Crippen LogP contribution is -1.89. The summed E-state index contributed by atoms with van der Waals surface area (Å²) in [6.45, 7) is 0. The van der Waals surface area contributed by atoms with Crippen molar-refractivity contribution in [1.82, 2.24) is 0 Å².